The molecule has 0 unspecified atom stereocenters. The van der Waals surface area contributed by atoms with Crippen molar-refractivity contribution >= 4 is 17.4 Å². The van der Waals surface area contributed by atoms with E-state index in [4.69, 9.17) is 15.7 Å². The Morgan fingerprint density at radius 3 is 2.81 bits per heavy atom. The molecule has 2 aromatic rings. The highest BCUT2D eigenvalue weighted by Crippen LogP contribution is 2.28. The number of nitrogens with zero attached hydrogens (tertiary/aromatic N) is 2. The van der Waals surface area contributed by atoms with E-state index in [2.05, 4.69) is 20.7 Å². The quantitative estimate of drug-likeness (QED) is 0.290. The number of carbonyl (C=O) groups is 1. The molecule has 0 aliphatic carbocycles. The maximum absolute atomic E-state index is 12.3. The van der Waals surface area contributed by atoms with Gasteiger partial charge >= 0.3 is 0 Å². The van der Waals surface area contributed by atoms with Gasteiger partial charge in [-0.1, -0.05) is 11.2 Å². The molecule has 0 fully saturated rings. The first-order valence-corrected chi connectivity index (χ1v) is 6.04. The van der Waals surface area contributed by atoms with E-state index < -0.39 is 0 Å². The van der Waals surface area contributed by atoms with Crippen LogP contribution in [0, 0.1) is 6.92 Å². The van der Waals surface area contributed by atoms with Crippen LogP contribution in [0.4, 0.5) is 5.69 Å². The Balaban J connectivity index is 2.43. The fourth-order valence-corrected chi connectivity index (χ4v) is 1.86. The Bertz CT molecular complexity index is 693. The smallest absolute Gasteiger partial charge is 0.259 e. The molecule has 8 heteroatoms. The summed E-state index contributed by atoms with van der Waals surface area (Å²) in [6, 6.07) is 4.94. The summed E-state index contributed by atoms with van der Waals surface area (Å²) >= 11 is 0. The lowest BCUT2D eigenvalue weighted by Gasteiger charge is -2.14. The summed E-state index contributed by atoms with van der Waals surface area (Å²) in [5, 5.41) is 21.0. The van der Waals surface area contributed by atoms with E-state index in [-0.39, 0.29) is 11.7 Å². The standard InChI is InChI=1S/C13H15N5O3/c1-7-9(6-15-17-7)13(19)16-11-8(12(14)18-20)4-3-5-10(11)21-2/h3-6,20H,1-2H3,(H2,14,18)(H,15,17)(H,16,19). The first-order valence-electron chi connectivity index (χ1n) is 6.04. The molecular formula is C13H15N5O3. The SMILES string of the molecule is COc1cccc(/C(N)=N/O)c1NC(=O)c1cn[nH]c1C. The lowest BCUT2D eigenvalue weighted by atomic mass is 10.1. The molecule has 0 saturated heterocycles. The molecule has 2 rings (SSSR count). The van der Waals surface area contributed by atoms with E-state index in [0.717, 1.165) is 0 Å². The molecular weight excluding hydrogens is 274 g/mol. The number of amides is 1. The summed E-state index contributed by atoms with van der Waals surface area (Å²) in [6.07, 6.45) is 1.42. The van der Waals surface area contributed by atoms with Crippen LogP contribution in [-0.4, -0.2) is 34.3 Å². The number of aryl methyl sites for hydroxylation is 1. The van der Waals surface area contributed by atoms with E-state index >= 15 is 0 Å². The van der Waals surface area contributed by atoms with Crippen molar-refractivity contribution in [1.29, 1.82) is 0 Å². The fourth-order valence-electron chi connectivity index (χ4n) is 1.86. The van der Waals surface area contributed by atoms with Crippen molar-refractivity contribution in [3.63, 3.8) is 0 Å². The number of anilines is 1. The first-order chi connectivity index (χ1) is 10.1. The van der Waals surface area contributed by atoms with Gasteiger partial charge in [0.25, 0.3) is 5.91 Å². The van der Waals surface area contributed by atoms with Crippen LogP contribution in [0.25, 0.3) is 0 Å². The van der Waals surface area contributed by atoms with Crippen molar-refractivity contribution in [2.75, 3.05) is 12.4 Å². The van der Waals surface area contributed by atoms with Crippen LogP contribution in [0.5, 0.6) is 5.75 Å². The van der Waals surface area contributed by atoms with E-state index in [1.807, 2.05) is 0 Å². The Morgan fingerprint density at radius 2 is 2.24 bits per heavy atom. The molecule has 0 radical (unpaired) electrons. The van der Waals surface area contributed by atoms with Crippen molar-refractivity contribution in [2.24, 2.45) is 10.9 Å². The summed E-state index contributed by atoms with van der Waals surface area (Å²) < 4.78 is 5.20. The van der Waals surface area contributed by atoms with Crippen molar-refractivity contribution in [2.45, 2.75) is 6.92 Å². The van der Waals surface area contributed by atoms with Gasteiger partial charge in [-0.05, 0) is 19.1 Å². The molecule has 1 aromatic heterocycles. The second kappa shape index (κ2) is 5.95. The maximum Gasteiger partial charge on any atom is 0.259 e. The Hall–Kier alpha value is -3.03. The molecule has 0 spiro atoms. The zero-order valence-corrected chi connectivity index (χ0v) is 11.5. The largest absolute Gasteiger partial charge is 0.495 e. The van der Waals surface area contributed by atoms with Crippen molar-refractivity contribution in [1.82, 2.24) is 10.2 Å². The number of hydrogen-bond donors (Lipinski definition) is 4. The fraction of sp³-hybridized carbons (Fsp3) is 0.154. The summed E-state index contributed by atoms with van der Waals surface area (Å²) in [5.41, 5.74) is 7.32. The van der Waals surface area contributed by atoms with Crippen molar-refractivity contribution in [3.05, 3.63) is 41.2 Å². The van der Waals surface area contributed by atoms with Gasteiger partial charge in [-0.15, -0.1) is 0 Å². The number of hydrogen-bond acceptors (Lipinski definition) is 5. The number of nitrogens with two attached hydrogens (primary N) is 1. The van der Waals surface area contributed by atoms with Gasteiger partial charge in [0.1, 0.15) is 5.75 Å². The monoisotopic (exact) mass is 289 g/mol. The number of para-hydroxylation sites is 1. The van der Waals surface area contributed by atoms with E-state index in [1.165, 1.54) is 13.3 Å². The number of aromatic amines is 1. The van der Waals surface area contributed by atoms with Gasteiger partial charge in [0, 0.05) is 11.3 Å². The van der Waals surface area contributed by atoms with Crippen LogP contribution >= 0.6 is 0 Å². The second-order valence-corrected chi connectivity index (χ2v) is 4.23. The normalized spacial score (nSPS) is 11.2. The van der Waals surface area contributed by atoms with Crippen molar-refractivity contribution in [3.8, 4) is 5.75 Å². The first kappa shape index (κ1) is 14.4. The number of carbonyl (C=O) groups excluding carboxylic acids is 1. The predicted octanol–water partition coefficient (Wildman–Crippen LogP) is 1.07. The van der Waals surface area contributed by atoms with Crippen LogP contribution in [0.15, 0.2) is 29.6 Å². The number of rotatable bonds is 4. The van der Waals surface area contributed by atoms with E-state index in [9.17, 15) is 4.79 Å². The summed E-state index contributed by atoms with van der Waals surface area (Å²) in [6.45, 7) is 1.73. The van der Waals surface area contributed by atoms with Gasteiger partial charge in [-0.3, -0.25) is 9.89 Å². The highest BCUT2D eigenvalue weighted by molar-refractivity contribution is 6.11. The number of benzene rings is 1. The van der Waals surface area contributed by atoms with Crippen LogP contribution in [0.2, 0.25) is 0 Å². The zero-order chi connectivity index (χ0) is 15.4. The summed E-state index contributed by atoms with van der Waals surface area (Å²) in [5.74, 6) is -0.112. The number of aromatic nitrogens is 2. The predicted molar refractivity (Wildman–Crippen MR) is 76.8 cm³/mol. The van der Waals surface area contributed by atoms with Crippen LogP contribution in [-0.2, 0) is 0 Å². The molecule has 0 aliphatic heterocycles. The Kier molecular flexibility index (Phi) is 4.07. The number of H-pyrrole nitrogens is 1. The third-order valence-corrected chi connectivity index (χ3v) is 2.94. The number of amidine groups is 1. The van der Waals surface area contributed by atoms with E-state index in [0.29, 0.717) is 28.3 Å². The molecule has 8 nitrogen and oxygen atoms in total. The van der Waals surface area contributed by atoms with Crippen LogP contribution in [0.3, 0.4) is 0 Å². The molecule has 0 aliphatic rings. The lowest BCUT2D eigenvalue weighted by molar-refractivity contribution is 0.102. The summed E-state index contributed by atoms with van der Waals surface area (Å²) in [4.78, 5) is 12.3. The van der Waals surface area contributed by atoms with Crippen LogP contribution < -0.4 is 15.8 Å². The Morgan fingerprint density at radius 1 is 1.48 bits per heavy atom. The Labute approximate surface area is 120 Å². The van der Waals surface area contributed by atoms with Gasteiger partial charge in [-0.25, -0.2) is 0 Å². The number of oxime groups is 1. The highest BCUT2D eigenvalue weighted by atomic mass is 16.5. The minimum Gasteiger partial charge on any atom is -0.495 e. The zero-order valence-electron chi connectivity index (χ0n) is 11.5. The molecule has 1 amide bonds. The molecule has 1 aromatic carbocycles. The minimum atomic E-state index is -0.377. The van der Waals surface area contributed by atoms with Crippen LogP contribution in [0.1, 0.15) is 21.6 Å². The molecule has 21 heavy (non-hydrogen) atoms. The van der Waals surface area contributed by atoms with Gasteiger partial charge in [0.2, 0.25) is 0 Å². The van der Waals surface area contributed by atoms with Gasteiger partial charge < -0.3 is 21.0 Å². The molecule has 1 heterocycles. The average molecular weight is 289 g/mol. The third kappa shape index (κ3) is 2.78. The number of methoxy groups -OCH3 is 1. The second-order valence-electron chi connectivity index (χ2n) is 4.23. The molecule has 110 valence electrons. The third-order valence-electron chi connectivity index (χ3n) is 2.94. The number of nitrogens with one attached hydrogen (secondary N) is 2. The maximum atomic E-state index is 12.3. The van der Waals surface area contributed by atoms with Gasteiger partial charge in [-0.2, -0.15) is 5.10 Å². The molecule has 0 saturated carbocycles. The molecule has 5 N–H and O–H groups in total. The average Bonchev–Trinajstić information content (AvgIpc) is 2.92. The molecule has 0 atom stereocenters. The van der Waals surface area contributed by atoms with Crippen molar-refractivity contribution < 1.29 is 14.7 Å². The van der Waals surface area contributed by atoms with E-state index in [1.54, 1.807) is 25.1 Å². The van der Waals surface area contributed by atoms with Gasteiger partial charge in [0.15, 0.2) is 5.84 Å². The lowest BCUT2D eigenvalue weighted by Crippen LogP contribution is -2.20. The minimum absolute atomic E-state index is 0.131. The summed E-state index contributed by atoms with van der Waals surface area (Å²) in [7, 11) is 1.46. The number of ether oxygens (including phenoxy) is 1. The molecule has 0 bridgehead atoms. The topological polar surface area (TPSA) is 126 Å². The highest BCUT2D eigenvalue weighted by Gasteiger charge is 2.18. The van der Waals surface area contributed by atoms with Gasteiger partial charge in [0.05, 0.1) is 24.6 Å².